The summed E-state index contributed by atoms with van der Waals surface area (Å²) in [6.45, 7) is 4.56. The van der Waals surface area contributed by atoms with Gasteiger partial charge in [0.15, 0.2) is 0 Å². The van der Waals surface area contributed by atoms with E-state index >= 15 is 0 Å². The molecule has 0 bridgehead atoms. The van der Waals surface area contributed by atoms with E-state index in [1.807, 2.05) is 0 Å². The fourth-order valence-electron chi connectivity index (χ4n) is 1.87. The van der Waals surface area contributed by atoms with Crippen LogP contribution in [0.15, 0.2) is 23.1 Å². The van der Waals surface area contributed by atoms with Crippen LogP contribution in [-0.2, 0) is 14.8 Å². The summed E-state index contributed by atoms with van der Waals surface area (Å²) < 4.78 is 26.8. The molecule has 1 aromatic rings. The summed E-state index contributed by atoms with van der Waals surface area (Å²) in [7, 11) is -3.96. The lowest BCUT2D eigenvalue weighted by Gasteiger charge is -2.24. The Hall–Kier alpha value is -1.93. The monoisotopic (exact) mass is 314 g/mol. The maximum atomic E-state index is 12.3. The van der Waals surface area contributed by atoms with Gasteiger partial charge in [-0.25, -0.2) is 13.1 Å². The van der Waals surface area contributed by atoms with Gasteiger partial charge in [-0.05, 0) is 38.5 Å². The van der Waals surface area contributed by atoms with Crippen LogP contribution in [0, 0.1) is 6.92 Å². The van der Waals surface area contributed by atoms with Crippen molar-refractivity contribution in [3.05, 3.63) is 29.3 Å². The van der Waals surface area contributed by atoms with Gasteiger partial charge in [-0.1, -0.05) is 6.07 Å². The summed E-state index contributed by atoms with van der Waals surface area (Å²) in [6, 6.07) is 3.98. The first-order chi connectivity index (χ1) is 9.44. The minimum Gasteiger partial charge on any atom is -0.481 e. The van der Waals surface area contributed by atoms with Crippen LogP contribution >= 0.6 is 0 Å². The van der Waals surface area contributed by atoms with E-state index in [1.165, 1.54) is 32.0 Å². The molecule has 0 radical (unpaired) electrons. The molecule has 21 heavy (non-hydrogen) atoms. The first kappa shape index (κ1) is 17.1. The van der Waals surface area contributed by atoms with E-state index in [-0.39, 0.29) is 16.9 Å². The predicted octanol–water partition coefficient (Wildman–Crippen LogP) is 0.626. The Bertz CT molecular complexity index is 680. The van der Waals surface area contributed by atoms with Crippen molar-refractivity contribution in [2.45, 2.75) is 37.6 Å². The molecule has 1 rings (SSSR count). The van der Waals surface area contributed by atoms with E-state index in [4.69, 9.17) is 10.8 Å². The van der Waals surface area contributed by atoms with Gasteiger partial charge in [-0.2, -0.15) is 0 Å². The van der Waals surface area contributed by atoms with Crippen molar-refractivity contribution in [1.82, 2.24) is 4.72 Å². The van der Waals surface area contributed by atoms with E-state index in [0.717, 1.165) is 0 Å². The second-order valence-electron chi connectivity index (χ2n) is 5.40. The minimum atomic E-state index is -3.96. The van der Waals surface area contributed by atoms with Gasteiger partial charge in [0.1, 0.15) is 0 Å². The highest BCUT2D eigenvalue weighted by Gasteiger charge is 2.29. The van der Waals surface area contributed by atoms with Crippen LogP contribution in [0.5, 0.6) is 0 Å². The molecule has 0 spiro atoms. The number of carbonyl (C=O) groups is 2. The van der Waals surface area contributed by atoms with E-state index in [9.17, 15) is 18.0 Å². The number of sulfonamides is 1. The number of carboxylic acids is 1. The molecule has 1 aromatic carbocycles. The average Bonchev–Trinajstić information content (AvgIpc) is 2.24. The van der Waals surface area contributed by atoms with Crippen LogP contribution < -0.4 is 10.5 Å². The van der Waals surface area contributed by atoms with Crippen LogP contribution in [0.25, 0.3) is 0 Å². The van der Waals surface area contributed by atoms with Crippen molar-refractivity contribution in [2.75, 3.05) is 0 Å². The lowest BCUT2D eigenvalue weighted by molar-refractivity contribution is -0.138. The lowest BCUT2D eigenvalue weighted by atomic mass is 10.0. The summed E-state index contributed by atoms with van der Waals surface area (Å²) in [5, 5.41) is 8.77. The Morgan fingerprint density at radius 1 is 1.33 bits per heavy atom. The van der Waals surface area contributed by atoms with Crippen molar-refractivity contribution < 1.29 is 23.1 Å². The molecule has 0 heterocycles. The van der Waals surface area contributed by atoms with Crippen molar-refractivity contribution in [1.29, 1.82) is 0 Å². The van der Waals surface area contributed by atoms with Gasteiger partial charge in [0.05, 0.1) is 11.3 Å². The number of hydrogen-bond acceptors (Lipinski definition) is 4. The average molecular weight is 314 g/mol. The zero-order valence-corrected chi connectivity index (χ0v) is 12.8. The number of nitrogens with two attached hydrogens (primary N) is 1. The molecule has 7 nitrogen and oxygen atoms in total. The second kappa shape index (κ2) is 5.82. The summed E-state index contributed by atoms with van der Waals surface area (Å²) >= 11 is 0. The minimum absolute atomic E-state index is 0.105. The van der Waals surface area contributed by atoms with Crippen LogP contribution in [0.4, 0.5) is 0 Å². The summed E-state index contributed by atoms with van der Waals surface area (Å²) in [6.07, 6.45) is -0.374. The molecule has 0 aromatic heterocycles. The fourth-order valence-corrected chi connectivity index (χ4v) is 3.31. The Morgan fingerprint density at radius 3 is 2.38 bits per heavy atom. The molecule has 0 saturated carbocycles. The van der Waals surface area contributed by atoms with Crippen LogP contribution in [-0.4, -0.2) is 30.9 Å². The number of nitrogens with one attached hydrogen (secondary N) is 1. The highest BCUT2D eigenvalue weighted by molar-refractivity contribution is 7.89. The summed E-state index contributed by atoms with van der Waals surface area (Å²) in [5.74, 6) is -1.85. The highest BCUT2D eigenvalue weighted by atomic mass is 32.2. The molecule has 1 amide bonds. The molecule has 0 atom stereocenters. The zero-order chi connectivity index (χ0) is 16.4. The molecule has 0 aliphatic heterocycles. The molecule has 0 aliphatic carbocycles. The topological polar surface area (TPSA) is 127 Å². The number of rotatable bonds is 6. The molecule has 0 saturated heterocycles. The largest absolute Gasteiger partial charge is 0.481 e. The van der Waals surface area contributed by atoms with Gasteiger partial charge in [0.25, 0.3) is 0 Å². The molecule has 4 N–H and O–H groups in total. The molecular weight excluding hydrogens is 296 g/mol. The molecule has 0 aliphatic rings. The molecule has 0 unspecified atom stereocenters. The fraction of sp³-hybridized carbons (Fsp3) is 0.385. The number of aliphatic carboxylic acids is 1. The van der Waals surface area contributed by atoms with Gasteiger partial charge in [-0.15, -0.1) is 0 Å². The maximum Gasteiger partial charge on any atom is 0.305 e. The number of carbonyl (C=O) groups excluding carboxylic acids is 1. The van der Waals surface area contributed by atoms with E-state index in [2.05, 4.69) is 4.72 Å². The number of primary amides is 1. The SMILES string of the molecule is Cc1ccc(S(=O)(=O)NC(C)(C)CC(=O)O)cc1C(N)=O. The Kier molecular flexibility index (Phi) is 4.75. The smallest absolute Gasteiger partial charge is 0.305 e. The number of carboxylic acid groups (broad SMARTS) is 1. The van der Waals surface area contributed by atoms with E-state index in [0.29, 0.717) is 5.56 Å². The number of benzene rings is 1. The van der Waals surface area contributed by atoms with Gasteiger partial charge in [0, 0.05) is 11.1 Å². The van der Waals surface area contributed by atoms with Crippen molar-refractivity contribution in [3.63, 3.8) is 0 Å². The Balaban J connectivity index is 3.17. The van der Waals surface area contributed by atoms with E-state index < -0.39 is 27.4 Å². The maximum absolute atomic E-state index is 12.3. The highest BCUT2D eigenvalue weighted by Crippen LogP contribution is 2.18. The van der Waals surface area contributed by atoms with Crippen LogP contribution in [0.2, 0.25) is 0 Å². The van der Waals surface area contributed by atoms with E-state index in [1.54, 1.807) is 6.92 Å². The van der Waals surface area contributed by atoms with Crippen LogP contribution in [0.3, 0.4) is 0 Å². The molecule has 8 heteroatoms. The molecule has 116 valence electrons. The Labute approximate surface area is 123 Å². The van der Waals surface area contributed by atoms with Gasteiger partial charge in [0.2, 0.25) is 15.9 Å². The number of hydrogen-bond donors (Lipinski definition) is 3. The first-order valence-corrected chi connectivity index (χ1v) is 7.59. The third-order valence-electron chi connectivity index (χ3n) is 2.79. The van der Waals surface area contributed by atoms with Crippen molar-refractivity contribution in [2.24, 2.45) is 5.73 Å². The standard InChI is InChI=1S/C13H18N2O5S/c1-8-4-5-9(6-10(8)12(14)18)21(19,20)15-13(2,3)7-11(16)17/h4-6,15H,7H2,1-3H3,(H2,14,18)(H,16,17). The van der Waals surface area contributed by atoms with Gasteiger partial charge in [-0.3, -0.25) is 9.59 Å². The lowest BCUT2D eigenvalue weighted by Crippen LogP contribution is -2.44. The third kappa shape index (κ3) is 4.54. The van der Waals surface area contributed by atoms with Gasteiger partial charge >= 0.3 is 5.97 Å². The zero-order valence-electron chi connectivity index (χ0n) is 12.0. The predicted molar refractivity (Wildman–Crippen MR) is 76.4 cm³/mol. The number of aryl methyl sites for hydroxylation is 1. The third-order valence-corrected chi connectivity index (χ3v) is 4.48. The second-order valence-corrected chi connectivity index (χ2v) is 7.08. The molecule has 0 fully saturated rings. The first-order valence-electron chi connectivity index (χ1n) is 6.11. The van der Waals surface area contributed by atoms with Crippen molar-refractivity contribution >= 4 is 21.9 Å². The Morgan fingerprint density at radius 2 is 1.90 bits per heavy atom. The number of amides is 1. The summed E-state index contributed by atoms with van der Waals surface area (Å²) in [4.78, 5) is 21.9. The normalized spacial score (nSPS) is 12.1. The summed E-state index contributed by atoms with van der Waals surface area (Å²) in [5.41, 5.74) is 4.69. The van der Waals surface area contributed by atoms with Crippen LogP contribution in [0.1, 0.15) is 36.2 Å². The van der Waals surface area contributed by atoms with Crippen molar-refractivity contribution in [3.8, 4) is 0 Å². The van der Waals surface area contributed by atoms with Gasteiger partial charge < -0.3 is 10.8 Å². The molecular formula is C13H18N2O5S. The quantitative estimate of drug-likeness (QED) is 0.709.